The molecule has 0 radical (unpaired) electrons. The highest BCUT2D eigenvalue weighted by molar-refractivity contribution is 14.1. The first-order chi connectivity index (χ1) is 9.16. The van der Waals surface area contributed by atoms with E-state index in [9.17, 15) is 4.79 Å². The van der Waals surface area contributed by atoms with Gasteiger partial charge in [-0.1, -0.05) is 42.5 Å². The molecule has 19 heavy (non-hydrogen) atoms. The van der Waals surface area contributed by atoms with Gasteiger partial charge in [-0.05, 0) is 47.2 Å². The minimum Gasteiger partial charge on any atom is -0.331 e. The molecule has 0 bridgehead atoms. The Bertz CT molecular complexity index is 557. The van der Waals surface area contributed by atoms with Crippen molar-refractivity contribution in [3.05, 3.63) is 63.7 Å². The van der Waals surface area contributed by atoms with Crippen LogP contribution in [0.5, 0.6) is 0 Å². The molecule has 0 saturated carbocycles. The number of benzene rings is 2. The number of rotatable bonds is 3. The van der Waals surface area contributed by atoms with Crippen molar-refractivity contribution in [3.63, 3.8) is 0 Å². The minimum absolute atomic E-state index is 0.0254. The summed E-state index contributed by atoms with van der Waals surface area (Å²) >= 11 is 2.20. The van der Waals surface area contributed by atoms with Crippen molar-refractivity contribution >= 4 is 34.3 Å². The number of amides is 2. The van der Waals surface area contributed by atoms with Crippen LogP contribution in [0.3, 0.4) is 0 Å². The smallest absolute Gasteiger partial charge is 0.319 e. The number of carbonyl (C=O) groups is 1. The first-order valence-electron chi connectivity index (χ1n) is 6.04. The fourth-order valence-electron chi connectivity index (χ4n) is 1.74. The second-order valence-corrected chi connectivity index (χ2v) is 5.37. The van der Waals surface area contributed by atoms with E-state index in [-0.39, 0.29) is 12.1 Å². The molecule has 98 valence electrons. The van der Waals surface area contributed by atoms with Crippen LogP contribution in [0, 0.1) is 3.57 Å². The van der Waals surface area contributed by atoms with Gasteiger partial charge in [0.2, 0.25) is 0 Å². The van der Waals surface area contributed by atoms with Gasteiger partial charge in [0.05, 0.1) is 11.7 Å². The highest BCUT2D eigenvalue weighted by Crippen LogP contribution is 2.17. The predicted molar refractivity (Wildman–Crippen MR) is 86.2 cm³/mol. The van der Waals surface area contributed by atoms with E-state index in [0.29, 0.717) is 0 Å². The van der Waals surface area contributed by atoms with Crippen molar-refractivity contribution in [2.24, 2.45) is 0 Å². The molecule has 0 spiro atoms. The van der Waals surface area contributed by atoms with Crippen molar-refractivity contribution in [1.82, 2.24) is 5.32 Å². The number of carbonyl (C=O) groups excluding carboxylic acids is 1. The third-order valence-electron chi connectivity index (χ3n) is 2.77. The zero-order valence-corrected chi connectivity index (χ0v) is 12.7. The van der Waals surface area contributed by atoms with Gasteiger partial charge >= 0.3 is 6.03 Å². The van der Waals surface area contributed by atoms with Gasteiger partial charge in [-0.2, -0.15) is 0 Å². The minimum atomic E-state index is -0.194. The van der Waals surface area contributed by atoms with Gasteiger partial charge in [-0.3, -0.25) is 0 Å². The molecule has 2 amide bonds. The highest BCUT2D eigenvalue weighted by atomic mass is 127. The van der Waals surface area contributed by atoms with Crippen LogP contribution in [0.1, 0.15) is 18.5 Å². The van der Waals surface area contributed by atoms with Gasteiger partial charge < -0.3 is 10.6 Å². The van der Waals surface area contributed by atoms with E-state index in [1.165, 1.54) is 0 Å². The summed E-state index contributed by atoms with van der Waals surface area (Å²) in [6.45, 7) is 1.96. The molecule has 2 aromatic rings. The topological polar surface area (TPSA) is 41.1 Å². The first kappa shape index (κ1) is 13.9. The summed E-state index contributed by atoms with van der Waals surface area (Å²) in [5.74, 6) is 0. The Morgan fingerprint density at radius 1 is 1.05 bits per heavy atom. The number of para-hydroxylation sites is 1. The summed E-state index contributed by atoms with van der Waals surface area (Å²) < 4.78 is 1.02. The van der Waals surface area contributed by atoms with E-state index in [0.717, 1.165) is 14.8 Å². The van der Waals surface area contributed by atoms with E-state index < -0.39 is 0 Å². The maximum atomic E-state index is 11.9. The van der Waals surface area contributed by atoms with Crippen LogP contribution in [0.4, 0.5) is 10.5 Å². The van der Waals surface area contributed by atoms with E-state index in [2.05, 4.69) is 33.2 Å². The molecule has 0 aliphatic heterocycles. The Kier molecular flexibility index (Phi) is 4.79. The highest BCUT2D eigenvalue weighted by Gasteiger charge is 2.09. The summed E-state index contributed by atoms with van der Waals surface area (Å²) in [5.41, 5.74) is 1.90. The molecule has 0 unspecified atom stereocenters. The van der Waals surface area contributed by atoms with Crippen LogP contribution in [0.2, 0.25) is 0 Å². The van der Waals surface area contributed by atoms with Crippen molar-refractivity contribution in [3.8, 4) is 0 Å². The average molecular weight is 366 g/mol. The Hall–Kier alpha value is -1.56. The largest absolute Gasteiger partial charge is 0.331 e. The molecule has 1 atom stereocenters. The van der Waals surface area contributed by atoms with Gasteiger partial charge in [0.15, 0.2) is 0 Å². The molecule has 0 saturated heterocycles. The fraction of sp³-hybridized carbons (Fsp3) is 0.133. The second-order valence-electron chi connectivity index (χ2n) is 4.21. The molecule has 0 aliphatic rings. The molecule has 3 nitrogen and oxygen atoms in total. The SMILES string of the molecule is C[C@H](NC(=O)Nc1ccccc1I)c1ccccc1. The lowest BCUT2D eigenvalue weighted by Crippen LogP contribution is -2.31. The molecular weight excluding hydrogens is 351 g/mol. The average Bonchev–Trinajstić information content (AvgIpc) is 2.42. The normalized spacial score (nSPS) is 11.7. The number of urea groups is 1. The number of halogens is 1. The van der Waals surface area contributed by atoms with Crippen LogP contribution in [0.25, 0.3) is 0 Å². The maximum absolute atomic E-state index is 11.9. The maximum Gasteiger partial charge on any atom is 0.319 e. The van der Waals surface area contributed by atoms with Crippen molar-refractivity contribution in [2.45, 2.75) is 13.0 Å². The van der Waals surface area contributed by atoms with Gasteiger partial charge in [0.25, 0.3) is 0 Å². The molecule has 2 aromatic carbocycles. The number of hydrogen-bond acceptors (Lipinski definition) is 1. The van der Waals surface area contributed by atoms with Gasteiger partial charge in [0, 0.05) is 3.57 Å². The van der Waals surface area contributed by atoms with Gasteiger partial charge in [0.1, 0.15) is 0 Å². The van der Waals surface area contributed by atoms with Crippen molar-refractivity contribution in [2.75, 3.05) is 5.32 Å². The fourth-order valence-corrected chi connectivity index (χ4v) is 2.26. The summed E-state index contributed by atoms with van der Waals surface area (Å²) in [6.07, 6.45) is 0. The summed E-state index contributed by atoms with van der Waals surface area (Å²) in [6, 6.07) is 17.3. The predicted octanol–water partition coefficient (Wildman–Crippen LogP) is 4.17. The van der Waals surface area contributed by atoms with E-state index in [1.807, 2.05) is 61.5 Å². The Balaban J connectivity index is 1.97. The Labute approximate surface area is 126 Å². The van der Waals surface area contributed by atoms with E-state index in [1.54, 1.807) is 0 Å². The molecule has 0 fully saturated rings. The van der Waals surface area contributed by atoms with Crippen LogP contribution < -0.4 is 10.6 Å². The van der Waals surface area contributed by atoms with Crippen molar-refractivity contribution < 1.29 is 4.79 Å². The van der Waals surface area contributed by atoms with Crippen molar-refractivity contribution in [1.29, 1.82) is 0 Å². The monoisotopic (exact) mass is 366 g/mol. The summed E-state index contributed by atoms with van der Waals surface area (Å²) in [4.78, 5) is 11.9. The summed E-state index contributed by atoms with van der Waals surface area (Å²) in [7, 11) is 0. The van der Waals surface area contributed by atoms with Crippen LogP contribution in [0.15, 0.2) is 54.6 Å². The molecule has 2 N–H and O–H groups in total. The molecule has 0 heterocycles. The van der Waals surface area contributed by atoms with Crippen LogP contribution >= 0.6 is 22.6 Å². The zero-order chi connectivity index (χ0) is 13.7. The second kappa shape index (κ2) is 6.56. The van der Waals surface area contributed by atoms with Crippen LogP contribution in [-0.2, 0) is 0 Å². The summed E-state index contributed by atoms with van der Waals surface area (Å²) in [5, 5.41) is 5.77. The van der Waals surface area contributed by atoms with E-state index in [4.69, 9.17) is 0 Å². The first-order valence-corrected chi connectivity index (χ1v) is 7.11. The zero-order valence-electron chi connectivity index (χ0n) is 10.6. The van der Waals surface area contributed by atoms with Gasteiger partial charge in [-0.15, -0.1) is 0 Å². The Morgan fingerprint density at radius 3 is 2.37 bits per heavy atom. The van der Waals surface area contributed by atoms with E-state index >= 15 is 0 Å². The Morgan fingerprint density at radius 2 is 1.68 bits per heavy atom. The lowest BCUT2D eigenvalue weighted by Gasteiger charge is -2.15. The molecular formula is C15H15IN2O. The lowest BCUT2D eigenvalue weighted by molar-refractivity contribution is 0.249. The molecule has 0 aliphatic carbocycles. The molecule has 2 rings (SSSR count). The third-order valence-corrected chi connectivity index (χ3v) is 3.71. The number of nitrogens with one attached hydrogen (secondary N) is 2. The quantitative estimate of drug-likeness (QED) is 0.787. The molecule has 4 heteroatoms. The van der Waals surface area contributed by atoms with Gasteiger partial charge in [-0.25, -0.2) is 4.79 Å². The number of anilines is 1. The third kappa shape index (κ3) is 3.96. The van der Waals surface area contributed by atoms with Crippen LogP contribution in [-0.4, -0.2) is 6.03 Å². The standard InChI is InChI=1S/C15H15IN2O/c1-11(12-7-3-2-4-8-12)17-15(19)18-14-10-6-5-9-13(14)16/h2-11H,1H3,(H2,17,18,19)/t11-/m0/s1. The molecule has 0 aromatic heterocycles. The number of hydrogen-bond donors (Lipinski definition) is 2. The lowest BCUT2D eigenvalue weighted by atomic mass is 10.1.